The first kappa shape index (κ1) is 26.1. The van der Waals surface area contributed by atoms with Gasteiger partial charge in [-0.05, 0) is 64.7 Å². The molecule has 4 heteroatoms. The molecule has 0 saturated carbocycles. The number of para-hydroxylation sites is 2. The van der Waals surface area contributed by atoms with Crippen LogP contribution in [0.1, 0.15) is 0 Å². The lowest BCUT2D eigenvalue weighted by Crippen LogP contribution is -1.94. The first-order valence-electron chi connectivity index (χ1n) is 15.6. The summed E-state index contributed by atoms with van der Waals surface area (Å²) in [5.74, 6) is 0. The number of aromatic nitrogens is 1. The number of hydrogen-bond acceptors (Lipinski definition) is 2. The third kappa shape index (κ3) is 3.85. The molecule has 0 aliphatic heterocycles. The molecule has 0 radical (unpaired) electrons. The first-order valence-corrected chi connectivity index (χ1v) is 16.4. The lowest BCUT2D eigenvalue weighted by atomic mass is 10.0. The highest BCUT2D eigenvalue weighted by Crippen LogP contribution is 2.44. The monoisotopic (exact) mass is 616 g/mol. The van der Waals surface area contributed by atoms with Crippen molar-refractivity contribution in [3.05, 3.63) is 157 Å². The van der Waals surface area contributed by atoms with E-state index in [1.165, 1.54) is 36.5 Å². The van der Waals surface area contributed by atoms with Gasteiger partial charge in [-0.3, -0.25) is 0 Å². The number of hydrogen-bond donors (Lipinski definition) is 0. The maximum absolute atomic E-state index is 8.14. The second-order valence-electron chi connectivity index (χ2n) is 12.0. The fraction of sp³-hybridized carbons (Fsp3) is 0. The van der Waals surface area contributed by atoms with Crippen LogP contribution in [-0.2, 0) is 0 Å². The number of fused-ring (bicyclic) bond motifs is 9. The lowest BCUT2D eigenvalue weighted by Gasteiger charge is -2.10. The van der Waals surface area contributed by atoms with Crippen molar-refractivity contribution in [2.45, 2.75) is 0 Å². The SMILES string of the molecule is [C-]#[N+]c1cc(-c2ccc3c(c2)sc2ccccc23)cc2c1oc1c(-n3c4ccccc4c4ccc(-c5ccccc5)cc43)cccc12. The summed E-state index contributed by atoms with van der Waals surface area (Å²) in [6.07, 6.45) is 0. The molecule has 0 bridgehead atoms. The van der Waals surface area contributed by atoms with E-state index in [4.69, 9.17) is 11.0 Å². The molecule has 0 spiro atoms. The minimum atomic E-state index is 0.518. The van der Waals surface area contributed by atoms with Crippen LogP contribution in [0.4, 0.5) is 5.69 Å². The summed E-state index contributed by atoms with van der Waals surface area (Å²) >= 11 is 1.81. The third-order valence-corrected chi connectivity index (χ3v) is 10.5. The highest BCUT2D eigenvalue weighted by molar-refractivity contribution is 7.25. The van der Waals surface area contributed by atoms with E-state index >= 15 is 0 Å². The summed E-state index contributed by atoms with van der Waals surface area (Å²) in [6, 6.07) is 51.4. The molecule has 0 fully saturated rings. The Morgan fingerprint density at radius 2 is 1.17 bits per heavy atom. The van der Waals surface area contributed by atoms with Crippen LogP contribution in [0, 0.1) is 6.57 Å². The van der Waals surface area contributed by atoms with Crippen molar-refractivity contribution in [1.29, 1.82) is 0 Å². The Morgan fingerprint density at radius 3 is 2.04 bits per heavy atom. The zero-order valence-corrected chi connectivity index (χ0v) is 25.9. The minimum absolute atomic E-state index is 0.518. The van der Waals surface area contributed by atoms with Crippen molar-refractivity contribution in [3.8, 4) is 27.9 Å². The zero-order valence-electron chi connectivity index (χ0n) is 25.1. The minimum Gasteiger partial charge on any atom is -0.465 e. The van der Waals surface area contributed by atoms with Gasteiger partial charge in [0.25, 0.3) is 0 Å². The molecular formula is C43H24N2OS. The highest BCUT2D eigenvalue weighted by atomic mass is 32.1. The average molecular weight is 617 g/mol. The average Bonchev–Trinajstić information content (AvgIpc) is 3.80. The smallest absolute Gasteiger partial charge is 0.230 e. The fourth-order valence-electron chi connectivity index (χ4n) is 7.24. The standard InChI is InChI=1S/C43H24N2OS/c1-44-36-23-29(28-19-21-33-32-13-6-8-17-40(32)47-41(33)25-28)22-35-34-14-9-16-38(43(34)46-42(35)36)45-37-15-7-5-12-30(37)31-20-18-27(24-39(31)45)26-10-3-2-4-11-26/h2-25H. The molecule has 0 aliphatic rings. The van der Waals surface area contributed by atoms with E-state index < -0.39 is 0 Å². The molecule has 0 unspecified atom stereocenters. The molecule has 3 nitrogen and oxygen atoms in total. The van der Waals surface area contributed by atoms with Gasteiger partial charge in [0.1, 0.15) is 5.58 Å². The molecular weight excluding hydrogens is 593 g/mol. The molecule has 0 N–H and O–H groups in total. The van der Waals surface area contributed by atoms with E-state index in [1.54, 1.807) is 0 Å². The van der Waals surface area contributed by atoms with Crippen LogP contribution in [-0.4, -0.2) is 4.57 Å². The molecule has 10 aromatic rings. The van der Waals surface area contributed by atoms with Gasteiger partial charge in [0.2, 0.25) is 5.69 Å². The number of benzene rings is 7. The molecule has 0 saturated heterocycles. The molecule has 10 rings (SSSR count). The Morgan fingerprint density at radius 1 is 0.468 bits per heavy atom. The van der Waals surface area contributed by atoms with Crippen LogP contribution in [0.15, 0.2) is 150 Å². The van der Waals surface area contributed by atoms with E-state index in [9.17, 15) is 0 Å². The van der Waals surface area contributed by atoms with Gasteiger partial charge in [-0.2, -0.15) is 0 Å². The molecule has 218 valence electrons. The molecule has 3 heterocycles. The van der Waals surface area contributed by atoms with Crippen LogP contribution in [0.2, 0.25) is 0 Å². The van der Waals surface area contributed by atoms with E-state index in [-0.39, 0.29) is 0 Å². The van der Waals surface area contributed by atoms with Gasteiger partial charge in [0.15, 0.2) is 5.58 Å². The van der Waals surface area contributed by atoms with Gasteiger partial charge >= 0.3 is 0 Å². The van der Waals surface area contributed by atoms with Crippen LogP contribution in [0.3, 0.4) is 0 Å². The van der Waals surface area contributed by atoms with Crippen LogP contribution >= 0.6 is 11.3 Å². The number of rotatable bonds is 3. The Hall–Kier alpha value is -6.15. The molecule has 0 atom stereocenters. The Kier molecular flexibility index (Phi) is 5.51. The summed E-state index contributed by atoms with van der Waals surface area (Å²) in [5.41, 5.74) is 9.55. The second kappa shape index (κ2) is 9.92. The predicted molar refractivity (Wildman–Crippen MR) is 198 cm³/mol. The largest absolute Gasteiger partial charge is 0.465 e. The molecule has 7 aromatic carbocycles. The van der Waals surface area contributed by atoms with Crippen LogP contribution in [0.5, 0.6) is 0 Å². The van der Waals surface area contributed by atoms with E-state index in [2.05, 4.69) is 143 Å². The van der Waals surface area contributed by atoms with Gasteiger partial charge in [0, 0.05) is 41.7 Å². The topological polar surface area (TPSA) is 22.4 Å². The quantitative estimate of drug-likeness (QED) is 0.181. The summed E-state index contributed by atoms with van der Waals surface area (Å²) in [5, 5.41) is 6.88. The van der Waals surface area contributed by atoms with Gasteiger partial charge in [-0.1, -0.05) is 103 Å². The number of nitrogens with zero attached hydrogens (tertiary/aromatic N) is 2. The van der Waals surface area contributed by atoms with Crippen LogP contribution < -0.4 is 0 Å². The number of thiophene rings is 1. The molecule has 47 heavy (non-hydrogen) atoms. The molecule has 3 aromatic heterocycles. The van der Waals surface area contributed by atoms with E-state index in [1.807, 2.05) is 23.5 Å². The summed E-state index contributed by atoms with van der Waals surface area (Å²) < 4.78 is 11.6. The van der Waals surface area contributed by atoms with Gasteiger partial charge in [-0.25, -0.2) is 4.85 Å². The van der Waals surface area contributed by atoms with E-state index in [0.717, 1.165) is 49.8 Å². The molecule has 0 aliphatic carbocycles. The van der Waals surface area contributed by atoms with Crippen molar-refractivity contribution in [2.75, 3.05) is 0 Å². The Balaban J connectivity index is 1.22. The normalized spacial score (nSPS) is 11.8. The summed E-state index contributed by atoms with van der Waals surface area (Å²) in [6.45, 7) is 8.14. The van der Waals surface area contributed by atoms with Gasteiger partial charge in [-0.15, -0.1) is 11.3 Å². The first-order chi connectivity index (χ1) is 23.2. The van der Waals surface area contributed by atoms with Gasteiger partial charge < -0.3 is 8.98 Å². The maximum Gasteiger partial charge on any atom is 0.230 e. The molecule has 0 amide bonds. The third-order valence-electron chi connectivity index (χ3n) is 9.41. The van der Waals surface area contributed by atoms with Crippen molar-refractivity contribution in [2.24, 2.45) is 0 Å². The summed E-state index contributed by atoms with van der Waals surface area (Å²) in [4.78, 5) is 3.97. The predicted octanol–water partition coefficient (Wildman–Crippen LogP) is 12.9. The zero-order chi connectivity index (χ0) is 31.1. The second-order valence-corrected chi connectivity index (χ2v) is 13.1. The number of furan rings is 1. The Bertz CT molecular complexity index is 2920. The van der Waals surface area contributed by atoms with Crippen LogP contribution in [0.25, 0.3) is 96.7 Å². The van der Waals surface area contributed by atoms with Gasteiger partial charge in [0.05, 0.1) is 23.3 Å². The van der Waals surface area contributed by atoms with Crippen molar-refractivity contribution in [1.82, 2.24) is 4.57 Å². The summed E-state index contributed by atoms with van der Waals surface area (Å²) in [7, 11) is 0. The van der Waals surface area contributed by atoms with Crippen molar-refractivity contribution >= 4 is 80.9 Å². The Labute approximate surface area is 274 Å². The van der Waals surface area contributed by atoms with E-state index in [0.29, 0.717) is 11.3 Å². The maximum atomic E-state index is 8.14. The fourth-order valence-corrected chi connectivity index (χ4v) is 8.38. The highest BCUT2D eigenvalue weighted by Gasteiger charge is 2.20. The van der Waals surface area contributed by atoms with Crippen molar-refractivity contribution < 1.29 is 4.42 Å². The lowest BCUT2D eigenvalue weighted by molar-refractivity contribution is 0.668. The van der Waals surface area contributed by atoms with Crippen molar-refractivity contribution in [3.63, 3.8) is 0 Å².